The minimum absolute atomic E-state index is 0.0229. The van der Waals surface area contributed by atoms with Gasteiger partial charge in [0.2, 0.25) is 0 Å². The number of benzene rings is 1. The van der Waals surface area contributed by atoms with Gasteiger partial charge in [0.05, 0.1) is 11.6 Å². The number of nitrogens with two attached hydrogens (primary N) is 1. The molecule has 1 aromatic carbocycles. The fraction of sp³-hybridized carbons (Fsp3) is 0.364. The van der Waals surface area contributed by atoms with Gasteiger partial charge in [-0.3, -0.25) is 4.79 Å². The molecule has 1 rings (SSSR count). The molecule has 1 atom stereocenters. The van der Waals surface area contributed by atoms with E-state index in [4.69, 9.17) is 15.6 Å². The summed E-state index contributed by atoms with van der Waals surface area (Å²) in [7, 11) is 1.42. The SMILES string of the molecule is COc1cc(CC(C)(N)C(=O)O)cc(Br)c1O. The van der Waals surface area contributed by atoms with Gasteiger partial charge in [0.15, 0.2) is 11.5 Å². The fourth-order valence-corrected chi connectivity index (χ4v) is 1.87. The molecule has 6 heteroatoms. The van der Waals surface area contributed by atoms with Crippen molar-refractivity contribution in [3.63, 3.8) is 0 Å². The molecule has 0 aliphatic carbocycles. The van der Waals surface area contributed by atoms with E-state index >= 15 is 0 Å². The van der Waals surface area contributed by atoms with E-state index in [1.165, 1.54) is 14.0 Å². The summed E-state index contributed by atoms with van der Waals surface area (Å²) in [5, 5.41) is 18.5. The summed E-state index contributed by atoms with van der Waals surface area (Å²) in [4.78, 5) is 10.9. The van der Waals surface area contributed by atoms with Crippen LogP contribution in [0.4, 0.5) is 0 Å². The maximum atomic E-state index is 10.9. The van der Waals surface area contributed by atoms with Crippen molar-refractivity contribution in [3.8, 4) is 11.5 Å². The second kappa shape index (κ2) is 4.93. The van der Waals surface area contributed by atoms with E-state index in [-0.39, 0.29) is 17.9 Å². The van der Waals surface area contributed by atoms with Crippen LogP contribution >= 0.6 is 15.9 Å². The number of hydrogen-bond donors (Lipinski definition) is 3. The molecule has 0 fully saturated rings. The van der Waals surface area contributed by atoms with Crippen LogP contribution in [0.3, 0.4) is 0 Å². The number of rotatable bonds is 4. The number of phenolic OH excluding ortho intramolecular Hbond substituents is 1. The molecule has 4 N–H and O–H groups in total. The molecular formula is C11H14BrNO4. The molecule has 0 aliphatic rings. The first kappa shape index (κ1) is 13.8. The van der Waals surface area contributed by atoms with Crippen LogP contribution < -0.4 is 10.5 Å². The number of halogens is 1. The maximum absolute atomic E-state index is 10.9. The lowest BCUT2D eigenvalue weighted by Gasteiger charge is -2.19. The molecule has 0 spiro atoms. The van der Waals surface area contributed by atoms with Gasteiger partial charge in [0.25, 0.3) is 0 Å². The topological polar surface area (TPSA) is 92.8 Å². The molecule has 0 radical (unpaired) electrons. The predicted molar refractivity (Wildman–Crippen MR) is 66.3 cm³/mol. The Morgan fingerprint density at radius 3 is 2.65 bits per heavy atom. The number of carboxylic acids is 1. The van der Waals surface area contributed by atoms with Crippen LogP contribution in [0.25, 0.3) is 0 Å². The van der Waals surface area contributed by atoms with E-state index < -0.39 is 11.5 Å². The van der Waals surface area contributed by atoms with Gasteiger partial charge in [0, 0.05) is 6.42 Å². The van der Waals surface area contributed by atoms with Crippen LogP contribution in [-0.4, -0.2) is 28.8 Å². The van der Waals surface area contributed by atoms with Crippen LogP contribution in [0.2, 0.25) is 0 Å². The molecule has 0 amide bonds. The first-order chi connectivity index (χ1) is 7.77. The summed E-state index contributed by atoms with van der Waals surface area (Å²) < 4.78 is 5.41. The zero-order valence-corrected chi connectivity index (χ0v) is 11.1. The Bertz CT molecular complexity index is 445. The summed E-state index contributed by atoms with van der Waals surface area (Å²) in [5.74, 6) is -0.832. The molecule has 1 unspecified atom stereocenters. The number of ether oxygens (including phenoxy) is 1. The Morgan fingerprint density at radius 1 is 1.59 bits per heavy atom. The summed E-state index contributed by atoms with van der Waals surface area (Å²) >= 11 is 3.16. The third-order valence-electron chi connectivity index (χ3n) is 2.37. The lowest BCUT2D eigenvalue weighted by atomic mass is 9.94. The predicted octanol–water partition coefficient (Wildman–Crippen LogP) is 1.51. The minimum atomic E-state index is -1.36. The number of hydrogen-bond acceptors (Lipinski definition) is 4. The van der Waals surface area contributed by atoms with Gasteiger partial charge in [-0.25, -0.2) is 0 Å². The third kappa shape index (κ3) is 3.10. The summed E-state index contributed by atoms with van der Waals surface area (Å²) in [6, 6.07) is 3.18. The van der Waals surface area contributed by atoms with Crippen LogP contribution in [0.1, 0.15) is 12.5 Å². The van der Waals surface area contributed by atoms with Crippen molar-refractivity contribution in [2.24, 2.45) is 5.73 Å². The molecule has 17 heavy (non-hydrogen) atoms. The van der Waals surface area contributed by atoms with Gasteiger partial charge in [-0.05, 0) is 40.5 Å². The van der Waals surface area contributed by atoms with E-state index in [9.17, 15) is 9.90 Å². The fourth-order valence-electron chi connectivity index (χ4n) is 1.38. The van der Waals surface area contributed by atoms with E-state index in [0.29, 0.717) is 10.0 Å². The number of aliphatic carboxylic acids is 1. The second-order valence-corrected chi connectivity index (χ2v) is 4.88. The molecular weight excluding hydrogens is 290 g/mol. The van der Waals surface area contributed by atoms with Crippen molar-refractivity contribution in [3.05, 3.63) is 22.2 Å². The quantitative estimate of drug-likeness (QED) is 0.784. The Labute approximate surface area is 107 Å². The van der Waals surface area contributed by atoms with Gasteiger partial charge in [0.1, 0.15) is 5.54 Å². The molecule has 1 aromatic rings. The zero-order chi connectivity index (χ0) is 13.2. The van der Waals surface area contributed by atoms with Crippen LogP contribution in [0.5, 0.6) is 11.5 Å². The van der Waals surface area contributed by atoms with Crippen molar-refractivity contribution in [1.82, 2.24) is 0 Å². The van der Waals surface area contributed by atoms with Crippen LogP contribution in [-0.2, 0) is 11.2 Å². The first-order valence-corrected chi connectivity index (χ1v) is 5.65. The summed E-state index contributed by atoms with van der Waals surface area (Å²) in [6.07, 6.45) is 0.136. The summed E-state index contributed by atoms with van der Waals surface area (Å²) in [5.41, 5.74) is 4.96. The van der Waals surface area contributed by atoms with Crippen molar-refractivity contribution < 1.29 is 19.7 Å². The van der Waals surface area contributed by atoms with Gasteiger partial charge < -0.3 is 20.7 Å². The standard InChI is InChI=1S/C11H14BrNO4/c1-11(13,10(15)16)5-6-3-7(12)9(14)8(4-6)17-2/h3-4,14H,5,13H2,1-2H3,(H,15,16). The van der Waals surface area contributed by atoms with Crippen LogP contribution in [0.15, 0.2) is 16.6 Å². The monoisotopic (exact) mass is 303 g/mol. The highest BCUT2D eigenvalue weighted by molar-refractivity contribution is 9.10. The molecule has 0 saturated heterocycles. The number of methoxy groups -OCH3 is 1. The van der Waals surface area contributed by atoms with Gasteiger partial charge in [-0.15, -0.1) is 0 Å². The lowest BCUT2D eigenvalue weighted by Crippen LogP contribution is -2.46. The van der Waals surface area contributed by atoms with E-state index in [0.717, 1.165) is 0 Å². The molecule has 0 heterocycles. The normalized spacial score (nSPS) is 14.1. The van der Waals surface area contributed by atoms with Gasteiger partial charge in [-0.1, -0.05) is 0 Å². The second-order valence-electron chi connectivity index (χ2n) is 4.03. The highest BCUT2D eigenvalue weighted by Crippen LogP contribution is 2.35. The Morgan fingerprint density at radius 2 is 2.18 bits per heavy atom. The number of carbonyl (C=O) groups is 1. The van der Waals surface area contributed by atoms with Crippen molar-refractivity contribution in [2.75, 3.05) is 7.11 Å². The van der Waals surface area contributed by atoms with E-state index in [1.54, 1.807) is 12.1 Å². The van der Waals surface area contributed by atoms with E-state index in [2.05, 4.69) is 15.9 Å². The lowest BCUT2D eigenvalue weighted by molar-refractivity contribution is -0.142. The molecule has 5 nitrogen and oxygen atoms in total. The molecule has 0 aliphatic heterocycles. The van der Waals surface area contributed by atoms with Crippen LogP contribution in [0, 0.1) is 0 Å². The maximum Gasteiger partial charge on any atom is 0.323 e. The highest BCUT2D eigenvalue weighted by Gasteiger charge is 2.28. The van der Waals surface area contributed by atoms with Crippen molar-refractivity contribution in [1.29, 1.82) is 0 Å². The number of aromatic hydroxyl groups is 1. The smallest absolute Gasteiger partial charge is 0.323 e. The summed E-state index contributed by atoms with van der Waals surface area (Å²) in [6.45, 7) is 1.43. The zero-order valence-electron chi connectivity index (χ0n) is 9.53. The number of carboxylic acid groups (broad SMARTS) is 1. The van der Waals surface area contributed by atoms with Gasteiger partial charge in [-0.2, -0.15) is 0 Å². The highest BCUT2D eigenvalue weighted by atomic mass is 79.9. The minimum Gasteiger partial charge on any atom is -0.503 e. The van der Waals surface area contributed by atoms with Gasteiger partial charge >= 0.3 is 5.97 Å². The van der Waals surface area contributed by atoms with Crippen molar-refractivity contribution in [2.45, 2.75) is 18.9 Å². The average molecular weight is 304 g/mol. The molecule has 0 bridgehead atoms. The Kier molecular flexibility index (Phi) is 4.00. The average Bonchev–Trinajstić information content (AvgIpc) is 2.22. The first-order valence-electron chi connectivity index (χ1n) is 4.85. The Balaban J connectivity index is 3.09. The van der Waals surface area contributed by atoms with E-state index in [1.807, 2.05) is 0 Å². The molecule has 94 valence electrons. The number of phenols is 1. The largest absolute Gasteiger partial charge is 0.503 e. The Hall–Kier alpha value is -1.27. The molecule has 0 aromatic heterocycles. The van der Waals surface area contributed by atoms with Crippen molar-refractivity contribution >= 4 is 21.9 Å². The molecule has 0 saturated carbocycles. The third-order valence-corrected chi connectivity index (χ3v) is 2.97.